The number of aliphatic hydroxyl groups excluding tert-OH is 1. The molecular weight excluding hydrogens is 362 g/mol. The number of hydrogen-bond donors (Lipinski definition) is 1. The van der Waals surface area contributed by atoms with Gasteiger partial charge in [0.05, 0.1) is 16.4 Å². The average Bonchev–Trinajstić information content (AvgIpc) is 2.70. The van der Waals surface area contributed by atoms with Crippen LogP contribution in [0.1, 0.15) is 30.7 Å². The highest BCUT2D eigenvalue weighted by atomic mass is 79.9. The van der Waals surface area contributed by atoms with E-state index in [1.807, 2.05) is 10.7 Å². The summed E-state index contributed by atoms with van der Waals surface area (Å²) in [6.07, 6.45) is 5.28. The second kappa shape index (κ2) is 5.95. The molecule has 0 fully saturated rings. The lowest BCUT2D eigenvalue weighted by Gasteiger charge is -2.14. The molecule has 0 spiro atoms. The first-order chi connectivity index (χ1) is 8.63. The summed E-state index contributed by atoms with van der Waals surface area (Å²) in [5.74, 6) is 0. The van der Waals surface area contributed by atoms with Gasteiger partial charge in [-0.1, -0.05) is 6.92 Å². The van der Waals surface area contributed by atoms with Crippen LogP contribution in [0.4, 0.5) is 0 Å². The van der Waals surface area contributed by atoms with Crippen molar-refractivity contribution in [3.05, 3.63) is 44.9 Å². The normalized spacial score (nSPS) is 12.7. The summed E-state index contributed by atoms with van der Waals surface area (Å²) in [6.45, 7) is 2.85. The van der Waals surface area contributed by atoms with Crippen LogP contribution in [0.3, 0.4) is 0 Å². The van der Waals surface area contributed by atoms with E-state index in [1.54, 1.807) is 18.6 Å². The predicted octanol–water partition coefficient (Wildman–Crippen LogP) is 3.29. The van der Waals surface area contributed by atoms with Gasteiger partial charge in [0.15, 0.2) is 0 Å². The van der Waals surface area contributed by atoms with Crippen LogP contribution in [0.2, 0.25) is 0 Å². The van der Waals surface area contributed by atoms with Gasteiger partial charge < -0.3 is 5.11 Å². The van der Waals surface area contributed by atoms with Gasteiger partial charge >= 0.3 is 0 Å². The molecule has 0 aliphatic carbocycles. The number of aryl methyl sites for hydroxylation is 1. The van der Waals surface area contributed by atoms with Crippen LogP contribution in [0.15, 0.2) is 33.6 Å². The number of pyridine rings is 1. The van der Waals surface area contributed by atoms with Crippen molar-refractivity contribution < 1.29 is 5.11 Å². The van der Waals surface area contributed by atoms with Crippen molar-refractivity contribution in [2.75, 3.05) is 0 Å². The Morgan fingerprint density at radius 2 is 2.11 bits per heavy atom. The van der Waals surface area contributed by atoms with Gasteiger partial charge in [-0.15, -0.1) is 0 Å². The molecule has 0 saturated carbocycles. The largest absolute Gasteiger partial charge is 0.382 e. The number of hydrogen-bond acceptors (Lipinski definition) is 3. The molecule has 0 amide bonds. The van der Waals surface area contributed by atoms with Crippen molar-refractivity contribution in [3.8, 4) is 0 Å². The fraction of sp³-hybridized carbons (Fsp3) is 0.333. The SMILES string of the molecule is CCCn1ncc(Br)c1C(O)c1cncc(Br)c1. The Morgan fingerprint density at radius 1 is 1.33 bits per heavy atom. The zero-order valence-electron chi connectivity index (χ0n) is 9.85. The van der Waals surface area contributed by atoms with Crippen molar-refractivity contribution in [3.63, 3.8) is 0 Å². The van der Waals surface area contributed by atoms with E-state index in [4.69, 9.17) is 0 Å². The zero-order chi connectivity index (χ0) is 13.1. The number of aromatic nitrogens is 3. The third-order valence-corrected chi connectivity index (χ3v) is 3.61. The molecule has 2 rings (SSSR count). The van der Waals surface area contributed by atoms with Crippen molar-refractivity contribution in [1.82, 2.24) is 14.8 Å². The van der Waals surface area contributed by atoms with E-state index in [-0.39, 0.29) is 0 Å². The van der Waals surface area contributed by atoms with E-state index in [2.05, 4.69) is 48.9 Å². The molecule has 6 heteroatoms. The molecule has 2 heterocycles. The quantitative estimate of drug-likeness (QED) is 0.893. The standard InChI is InChI=1S/C12H13Br2N3O/c1-2-3-17-11(10(14)7-16-17)12(18)8-4-9(13)6-15-5-8/h4-7,12,18H,2-3H2,1H3. The van der Waals surface area contributed by atoms with E-state index in [1.165, 1.54) is 0 Å². The van der Waals surface area contributed by atoms with Crippen molar-refractivity contribution in [1.29, 1.82) is 0 Å². The molecule has 0 aliphatic rings. The molecule has 1 unspecified atom stereocenters. The van der Waals surface area contributed by atoms with Gasteiger partial charge in [0.1, 0.15) is 6.10 Å². The Labute approximate surface area is 122 Å². The first-order valence-electron chi connectivity index (χ1n) is 5.63. The maximum absolute atomic E-state index is 10.4. The molecule has 0 aromatic carbocycles. The summed E-state index contributed by atoms with van der Waals surface area (Å²) >= 11 is 6.78. The van der Waals surface area contributed by atoms with Gasteiger partial charge in [-0.25, -0.2) is 0 Å². The highest BCUT2D eigenvalue weighted by molar-refractivity contribution is 9.10. The molecule has 96 valence electrons. The molecule has 18 heavy (non-hydrogen) atoms. The third-order valence-electron chi connectivity index (χ3n) is 2.57. The molecular formula is C12H13Br2N3O. The molecule has 0 radical (unpaired) electrons. The van der Waals surface area contributed by atoms with Crippen LogP contribution < -0.4 is 0 Å². The number of rotatable bonds is 4. The second-order valence-corrected chi connectivity index (χ2v) is 5.71. The van der Waals surface area contributed by atoms with Crippen molar-refractivity contribution in [2.24, 2.45) is 0 Å². The summed E-state index contributed by atoms with van der Waals surface area (Å²) in [5, 5.41) is 14.7. The van der Waals surface area contributed by atoms with Crippen molar-refractivity contribution in [2.45, 2.75) is 26.0 Å². The summed E-state index contributed by atoms with van der Waals surface area (Å²) < 4.78 is 3.47. The lowest BCUT2D eigenvalue weighted by atomic mass is 10.1. The maximum atomic E-state index is 10.4. The first kappa shape index (κ1) is 13.7. The molecule has 1 N–H and O–H groups in total. The van der Waals surface area contributed by atoms with E-state index >= 15 is 0 Å². The van der Waals surface area contributed by atoms with Crippen LogP contribution in [-0.4, -0.2) is 19.9 Å². The lowest BCUT2D eigenvalue weighted by Crippen LogP contribution is -2.11. The van der Waals surface area contributed by atoms with E-state index in [0.29, 0.717) is 0 Å². The molecule has 2 aromatic rings. The summed E-state index contributed by atoms with van der Waals surface area (Å²) in [4.78, 5) is 4.07. The second-order valence-electron chi connectivity index (χ2n) is 3.94. The van der Waals surface area contributed by atoms with E-state index in [9.17, 15) is 5.11 Å². The molecule has 4 nitrogen and oxygen atoms in total. The first-order valence-corrected chi connectivity index (χ1v) is 7.21. The Hall–Kier alpha value is -0.720. The van der Waals surface area contributed by atoms with Crippen LogP contribution in [-0.2, 0) is 6.54 Å². The molecule has 0 bridgehead atoms. The Kier molecular flexibility index (Phi) is 4.53. The third kappa shape index (κ3) is 2.81. The van der Waals surface area contributed by atoms with Gasteiger partial charge in [-0.2, -0.15) is 5.10 Å². The highest BCUT2D eigenvalue weighted by Gasteiger charge is 2.19. The molecule has 1 atom stereocenters. The van der Waals surface area contributed by atoms with Gasteiger partial charge in [0.25, 0.3) is 0 Å². The van der Waals surface area contributed by atoms with Crippen LogP contribution in [0.5, 0.6) is 0 Å². The molecule has 0 saturated heterocycles. The number of nitrogens with zero attached hydrogens (tertiary/aromatic N) is 3. The lowest BCUT2D eigenvalue weighted by molar-refractivity contribution is 0.206. The summed E-state index contributed by atoms with van der Waals surface area (Å²) in [7, 11) is 0. The van der Waals surface area contributed by atoms with E-state index < -0.39 is 6.10 Å². The monoisotopic (exact) mass is 373 g/mol. The minimum atomic E-state index is -0.738. The Morgan fingerprint density at radius 3 is 2.78 bits per heavy atom. The molecule has 2 aromatic heterocycles. The fourth-order valence-corrected chi connectivity index (χ4v) is 2.67. The Bertz CT molecular complexity index is 542. The predicted molar refractivity (Wildman–Crippen MR) is 76.2 cm³/mol. The minimum absolute atomic E-state index is 0.738. The summed E-state index contributed by atoms with van der Waals surface area (Å²) in [6, 6.07) is 1.85. The minimum Gasteiger partial charge on any atom is -0.382 e. The smallest absolute Gasteiger partial charge is 0.123 e. The van der Waals surface area contributed by atoms with Gasteiger partial charge in [0.2, 0.25) is 0 Å². The number of halogens is 2. The van der Waals surface area contributed by atoms with Gasteiger partial charge in [-0.3, -0.25) is 9.67 Å². The van der Waals surface area contributed by atoms with Gasteiger partial charge in [-0.05, 0) is 44.3 Å². The highest BCUT2D eigenvalue weighted by Crippen LogP contribution is 2.29. The number of aliphatic hydroxyl groups is 1. The van der Waals surface area contributed by atoms with Crippen LogP contribution in [0.25, 0.3) is 0 Å². The summed E-state index contributed by atoms with van der Waals surface area (Å²) in [5.41, 5.74) is 1.50. The van der Waals surface area contributed by atoms with E-state index in [0.717, 1.165) is 33.2 Å². The Balaban J connectivity index is 2.39. The molecule has 0 aliphatic heterocycles. The fourth-order valence-electron chi connectivity index (χ4n) is 1.77. The zero-order valence-corrected chi connectivity index (χ0v) is 13.0. The van der Waals surface area contributed by atoms with Crippen LogP contribution >= 0.6 is 31.9 Å². The average molecular weight is 375 g/mol. The van der Waals surface area contributed by atoms with Crippen LogP contribution in [0, 0.1) is 0 Å². The van der Waals surface area contributed by atoms with Gasteiger partial charge in [0, 0.05) is 29.0 Å². The van der Waals surface area contributed by atoms with Crippen molar-refractivity contribution >= 4 is 31.9 Å². The maximum Gasteiger partial charge on any atom is 0.123 e. The topological polar surface area (TPSA) is 50.9 Å².